The van der Waals surface area contributed by atoms with Gasteiger partial charge in [0.1, 0.15) is 17.3 Å². The molecule has 0 saturated carbocycles. The number of amides is 1. The fourth-order valence-electron chi connectivity index (χ4n) is 2.48. The predicted molar refractivity (Wildman–Crippen MR) is 75.3 cm³/mol. The van der Waals surface area contributed by atoms with Gasteiger partial charge in [-0.1, -0.05) is 0 Å². The predicted octanol–water partition coefficient (Wildman–Crippen LogP) is 0.674. The van der Waals surface area contributed by atoms with Gasteiger partial charge in [-0.3, -0.25) is 14.7 Å². The first-order valence-electron chi connectivity index (χ1n) is 6.70. The van der Waals surface area contributed by atoms with Gasteiger partial charge in [0.2, 0.25) is 0 Å². The smallest absolute Gasteiger partial charge is 0.254 e. The van der Waals surface area contributed by atoms with Crippen LogP contribution in [0.25, 0.3) is 11.1 Å². The lowest BCUT2D eigenvalue weighted by molar-refractivity contribution is 0.100. The summed E-state index contributed by atoms with van der Waals surface area (Å²) in [5, 5.41) is 0. The Kier molecular flexibility index (Phi) is 3.42. The van der Waals surface area contributed by atoms with Crippen molar-refractivity contribution in [3.63, 3.8) is 0 Å². The van der Waals surface area contributed by atoms with Gasteiger partial charge >= 0.3 is 0 Å². The minimum absolute atomic E-state index is 0.339. The normalized spacial score (nSPS) is 17.6. The van der Waals surface area contributed by atoms with Crippen molar-refractivity contribution in [2.24, 2.45) is 5.73 Å². The number of fused-ring (bicyclic) bond motifs is 1. The van der Waals surface area contributed by atoms with Crippen LogP contribution in [-0.2, 0) is 6.54 Å². The molecule has 1 fully saturated rings. The lowest BCUT2D eigenvalue weighted by atomic mass is 10.2. The van der Waals surface area contributed by atoms with Crippen LogP contribution in [0.1, 0.15) is 15.9 Å². The Labute approximate surface area is 117 Å². The van der Waals surface area contributed by atoms with Crippen molar-refractivity contribution in [2.75, 3.05) is 33.2 Å². The van der Waals surface area contributed by atoms with Crippen LogP contribution in [0.4, 0.5) is 0 Å². The highest BCUT2D eigenvalue weighted by Gasteiger charge is 2.16. The number of pyridine rings is 1. The van der Waals surface area contributed by atoms with E-state index in [1.807, 2.05) is 6.07 Å². The zero-order valence-electron chi connectivity index (χ0n) is 11.5. The van der Waals surface area contributed by atoms with Gasteiger partial charge in [-0.2, -0.15) is 0 Å². The lowest BCUT2D eigenvalue weighted by Gasteiger charge is -2.32. The third-order valence-electron chi connectivity index (χ3n) is 3.74. The van der Waals surface area contributed by atoms with Gasteiger partial charge < -0.3 is 15.1 Å². The number of piperazine rings is 1. The summed E-state index contributed by atoms with van der Waals surface area (Å²) in [5.74, 6) is -0.511. The van der Waals surface area contributed by atoms with Crippen LogP contribution < -0.4 is 5.73 Å². The Hall–Kier alpha value is -1.92. The van der Waals surface area contributed by atoms with E-state index in [-0.39, 0.29) is 0 Å². The summed E-state index contributed by atoms with van der Waals surface area (Å²) in [7, 11) is 2.14. The summed E-state index contributed by atoms with van der Waals surface area (Å²) in [6.45, 7) is 5.13. The standard InChI is InChI=1S/C14H18N4O2/c1-17-2-4-18(5-3-17)8-10-6-12-13(16-7-10)11(9-20-12)14(15)19/h6-7,9H,2-5,8H2,1H3,(H2,15,19). The summed E-state index contributed by atoms with van der Waals surface area (Å²) in [6, 6.07) is 1.94. The molecular formula is C14H18N4O2. The molecule has 6 heteroatoms. The number of primary amides is 1. The molecule has 1 aliphatic rings. The molecule has 3 heterocycles. The van der Waals surface area contributed by atoms with Crippen LogP contribution in [0.5, 0.6) is 0 Å². The third-order valence-corrected chi connectivity index (χ3v) is 3.74. The van der Waals surface area contributed by atoms with Crippen LogP contribution in [0.15, 0.2) is 22.9 Å². The van der Waals surface area contributed by atoms with Crippen LogP contribution >= 0.6 is 0 Å². The molecule has 1 aliphatic heterocycles. The number of aromatic nitrogens is 1. The Bertz CT molecular complexity index is 629. The summed E-state index contributed by atoms with van der Waals surface area (Å²) < 4.78 is 5.37. The number of rotatable bonds is 3. The fourth-order valence-corrected chi connectivity index (χ4v) is 2.48. The van der Waals surface area contributed by atoms with Gasteiger partial charge in [-0.05, 0) is 18.7 Å². The van der Waals surface area contributed by atoms with Crippen molar-refractivity contribution < 1.29 is 9.21 Å². The van der Waals surface area contributed by atoms with Gasteiger partial charge in [0.15, 0.2) is 5.58 Å². The van der Waals surface area contributed by atoms with Crippen LogP contribution in [0.3, 0.4) is 0 Å². The number of carbonyl (C=O) groups is 1. The van der Waals surface area contributed by atoms with Crippen LogP contribution in [0, 0.1) is 0 Å². The van der Waals surface area contributed by atoms with E-state index < -0.39 is 5.91 Å². The van der Waals surface area contributed by atoms with Crippen molar-refractivity contribution in [1.29, 1.82) is 0 Å². The first-order valence-corrected chi connectivity index (χ1v) is 6.70. The summed E-state index contributed by atoms with van der Waals surface area (Å²) >= 11 is 0. The zero-order valence-corrected chi connectivity index (χ0v) is 11.5. The van der Waals surface area contributed by atoms with E-state index in [0.717, 1.165) is 38.3 Å². The van der Waals surface area contributed by atoms with Gasteiger partial charge in [0.05, 0.1) is 0 Å². The second-order valence-corrected chi connectivity index (χ2v) is 5.28. The molecule has 1 amide bonds. The van der Waals surface area contributed by atoms with E-state index in [2.05, 4.69) is 21.8 Å². The highest BCUT2D eigenvalue weighted by molar-refractivity contribution is 6.03. The summed E-state index contributed by atoms with van der Waals surface area (Å²) in [6.07, 6.45) is 3.17. The zero-order chi connectivity index (χ0) is 14.1. The number of nitrogens with two attached hydrogens (primary N) is 1. The molecule has 0 atom stereocenters. The van der Waals surface area contributed by atoms with Crippen molar-refractivity contribution in [2.45, 2.75) is 6.54 Å². The Morgan fingerprint density at radius 3 is 2.85 bits per heavy atom. The number of likely N-dealkylation sites (N-methyl/N-ethyl adjacent to an activating group) is 1. The molecule has 2 N–H and O–H groups in total. The maximum absolute atomic E-state index is 11.2. The van der Waals surface area contributed by atoms with Crippen LogP contribution in [0.2, 0.25) is 0 Å². The summed E-state index contributed by atoms with van der Waals surface area (Å²) in [5.41, 5.74) is 7.86. The molecule has 1 saturated heterocycles. The molecule has 6 nitrogen and oxygen atoms in total. The van der Waals surface area contributed by atoms with Gasteiger partial charge in [-0.25, -0.2) is 0 Å². The molecule has 2 aromatic rings. The molecule has 0 aromatic carbocycles. The molecule has 106 valence electrons. The molecule has 2 aromatic heterocycles. The molecule has 3 rings (SSSR count). The number of furan rings is 1. The molecule has 0 spiro atoms. The Morgan fingerprint density at radius 1 is 1.40 bits per heavy atom. The van der Waals surface area contributed by atoms with Gasteiger partial charge in [0.25, 0.3) is 5.91 Å². The molecule has 0 unspecified atom stereocenters. The number of carbonyl (C=O) groups excluding carboxylic acids is 1. The fraction of sp³-hybridized carbons (Fsp3) is 0.429. The van der Waals surface area contributed by atoms with Crippen molar-refractivity contribution in [3.8, 4) is 0 Å². The van der Waals surface area contributed by atoms with E-state index in [4.69, 9.17) is 10.2 Å². The first-order chi connectivity index (χ1) is 9.63. The van der Waals surface area contributed by atoms with Crippen LogP contribution in [-0.4, -0.2) is 53.9 Å². The van der Waals surface area contributed by atoms with Crippen molar-refractivity contribution in [3.05, 3.63) is 29.7 Å². The molecule has 0 radical (unpaired) electrons. The van der Waals surface area contributed by atoms with E-state index in [0.29, 0.717) is 16.7 Å². The Morgan fingerprint density at radius 2 is 2.15 bits per heavy atom. The van der Waals surface area contributed by atoms with Crippen molar-refractivity contribution >= 4 is 17.0 Å². The third kappa shape index (κ3) is 2.52. The molecule has 0 aliphatic carbocycles. The first kappa shape index (κ1) is 13.1. The number of hydrogen-bond donors (Lipinski definition) is 1. The number of nitrogens with zero attached hydrogens (tertiary/aromatic N) is 3. The molecule has 20 heavy (non-hydrogen) atoms. The molecule has 0 bridgehead atoms. The quantitative estimate of drug-likeness (QED) is 0.890. The lowest BCUT2D eigenvalue weighted by Crippen LogP contribution is -2.43. The maximum Gasteiger partial charge on any atom is 0.254 e. The van der Waals surface area contributed by atoms with E-state index in [1.54, 1.807) is 6.20 Å². The van der Waals surface area contributed by atoms with E-state index in [9.17, 15) is 4.79 Å². The number of hydrogen-bond acceptors (Lipinski definition) is 5. The van der Waals surface area contributed by atoms with Gasteiger partial charge in [0, 0.05) is 38.9 Å². The highest BCUT2D eigenvalue weighted by Crippen LogP contribution is 2.20. The SMILES string of the molecule is CN1CCN(Cc2cnc3c(C(N)=O)coc3c2)CC1. The maximum atomic E-state index is 11.2. The topological polar surface area (TPSA) is 75.6 Å². The second kappa shape index (κ2) is 5.22. The van der Waals surface area contributed by atoms with E-state index in [1.165, 1.54) is 6.26 Å². The molecular weight excluding hydrogens is 256 g/mol. The average Bonchev–Trinajstić information content (AvgIpc) is 2.84. The summed E-state index contributed by atoms with van der Waals surface area (Å²) in [4.78, 5) is 20.2. The highest BCUT2D eigenvalue weighted by atomic mass is 16.3. The van der Waals surface area contributed by atoms with Gasteiger partial charge in [-0.15, -0.1) is 0 Å². The van der Waals surface area contributed by atoms with Crippen molar-refractivity contribution in [1.82, 2.24) is 14.8 Å². The Balaban J connectivity index is 1.78. The minimum Gasteiger partial charge on any atom is -0.462 e. The minimum atomic E-state index is -0.511. The average molecular weight is 274 g/mol. The second-order valence-electron chi connectivity index (χ2n) is 5.28. The van der Waals surface area contributed by atoms with E-state index >= 15 is 0 Å². The largest absolute Gasteiger partial charge is 0.462 e. The monoisotopic (exact) mass is 274 g/mol.